The predicted octanol–water partition coefficient (Wildman–Crippen LogP) is 2.42. The summed E-state index contributed by atoms with van der Waals surface area (Å²) in [4.78, 5) is 23.5. The number of rotatable bonds is 0. The molecule has 0 aromatic heterocycles. The summed E-state index contributed by atoms with van der Waals surface area (Å²) in [6.45, 7) is 8.01. The predicted molar refractivity (Wildman–Crippen MR) is 66.7 cm³/mol. The van der Waals surface area contributed by atoms with Crippen LogP contribution in [-0.4, -0.2) is 17.9 Å². The average molecular weight is 246 g/mol. The largest absolute Gasteiger partial charge is 0.458 e. The maximum absolute atomic E-state index is 11.9. The van der Waals surface area contributed by atoms with Gasteiger partial charge in [-0.1, -0.05) is 32.1 Å². The maximum Gasteiger partial charge on any atom is 0.334 e. The van der Waals surface area contributed by atoms with Gasteiger partial charge in [0.15, 0.2) is 0 Å². The number of hydrogen-bond donors (Lipinski definition) is 0. The molecule has 2 fully saturated rings. The van der Waals surface area contributed by atoms with E-state index in [1.165, 1.54) is 5.57 Å². The van der Waals surface area contributed by atoms with Gasteiger partial charge in [-0.15, -0.1) is 0 Å². The van der Waals surface area contributed by atoms with E-state index in [9.17, 15) is 9.59 Å². The van der Waals surface area contributed by atoms with E-state index in [1.807, 2.05) is 13.0 Å². The van der Waals surface area contributed by atoms with Crippen LogP contribution < -0.4 is 0 Å². The third kappa shape index (κ3) is 1.36. The fourth-order valence-corrected chi connectivity index (χ4v) is 3.67. The van der Waals surface area contributed by atoms with Crippen molar-refractivity contribution in [3.05, 3.63) is 23.8 Å². The highest BCUT2D eigenvalue weighted by atomic mass is 16.6. The minimum Gasteiger partial charge on any atom is -0.458 e. The van der Waals surface area contributed by atoms with E-state index in [-0.39, 0.29) is 29.3 Å². The summed E-state index contributed by atoms with van der Waals surface area (Å²) in [5.41, 5.74) is 1.76. The Balaban J connectivity index is 1.99. The monoisotopic (exact) mass is 246 g/mol. The Morgan fingerprint density at radius 1 is 1.44 bits per heavy atom. The molecule has 96 valence electrons. The highest BCUT2D eigenvalue weighted by Crippen LogP contribution is 2.54. The van der Waals surface area contributed by atoms with E-state index in [4.69, 9.17) is 4.74 Å². The van der Waals surface area contributed by atoms with E-state index < -0.39 is 0 Å². The van der Waals surface area contributed by atoms with Gasteiger partial charge >= 0.3 is 5.97 Å². The average Bonchev–Trinajstić information content (AvgIpc) is 2.60. The van der Waals surface area contributed by atoms with Crippen LogP contribution in [0, 0.1) is 17.3 Å². The topological polar surface area (TPSA) is 43.4 Å². The molecule has 3 heteroatoms. The van der Waals surface area contributed by atoms with Gasteiger partial charge in [0.05, 0.1) is 0 Å². The summed E-state index contributed by atoms with van der Waals surface area (Å²) in [6, 6.07) is 0. The second-order valence-electron chi connectivity index (χ2n) is 6.02. The zero-order chi connectivity index (χ0) is 13.1. The first-order valence-corrected chi connectivity index (χ1v) is 6.55. The van der Waals surface area contributed by atoms with E-state index in [2.05, 4.69) is 13.5 Å². The van der Waals surface area contributed by atoms with Crippen LogP contribution in [0.15, 0.2) is 23.8 Å². The summed E-state index contributed by atoms with van der Waals surface area (Å²) >= 11 is 0. The van der Waals surface area contributed by atoms with E-state index in [0.717, 1.165) is 12.8 Å². The quantitative estimate of drug-likeness (QED) is 0.374. The SMILES string of the molecule is C=C1C(=O)O[C@@H]2CC3=CCC(=O)[C@H](C)[C@@]3(C)C[C@H]12. The minimum atomic E-state index is -0.258. The van der Waals surface area contributed by atoms with Gasteiger partial charge in [-0.3, -0.25) is 4.79 Å². The molecular weight excluding hydrogens is 228 g/mol. The first kappa shape index (κ1) is 11.7. The Kier molecular flexibility index (Phi) is 2.31. The lowest BCUT2D eigenvalue weighted by molar-refractivity contribution is -0.140. The Morgan fingerprint density at radius 3 is 2.89 bits per heavy atom. The number of esters is 1. The van der Waals surface area contributed by atoms with Crippen LogP contribution in [0.2, 0.25) is 0 Å². The zero-order valence-corrected chi connectivity index (χ0v) is 10.9. The Labute approximate surface area is 107 Å². The molecule has 0 amide bonds. The molecule has 3 nitrogen and oxygen atoms in total. The molecule has 3 aliphatic rings. The number of carbonyl (C=O) groups is 2. The van der Waals surface area contributed by atoms with E-state index in [1.54, 1.807) is 0 Å². The molecule has 0 aromatic rings. The molecule has 0 aromatic carbocycles. The van der Waals surface area contributed by atoms with Gasteiger partial charge < -0.3 is 4.74 Å². The number of Topliss-reactive ketones (excluding diaryl/α,β-unsaturated/α-hetero) is 1. The highest BCUT2D eigenvalue weighted by molar-refractivity contribution is 5.91. The number of carbonyl (C=O) groups excluding carboxylic acids is 2. The van der Waals surface area contributed by atoms with Crippen molar-refractivity contribution in [1.29, 1.82) is 0 Å². The molecule has 1 saturated heterocycles. The molecule has 4 atom stereocenters. The highest BCUT2D eigenvalue weighted by Gasteiger charge is 2.52. The van der Waals surface area contributed by atoms with Crippen LogP contribution in [0.1, 0.15) is 33.1 Å². The van der Waals surface area contributed by atoms with Gasteiger partial charge in [-0.2, -0.15) is 0 Å². The number of allylic oxidation sites excluding steroid dienone is 1. The maximum atomic E-state index is 11.9. The van der Waals surface area contributed by atoms with Crippen LogP contribution >= 0.6 is 0 Å². The summed E-state index contributed by atoms with van der Waals surface area (Å²) in [5, 5.41) is 0. The van der Waals surface area contributed by atoms with Gasteiger partial charge in [-0.25, -0.2) is 4.79 Å². The summed E-state index contributed by atoms with van der Waals surface area (Å²) in [7, 11) is 0. The summed E-state index contributed by atoms with van der Waals surface area (Å²) in [5.74, 6) is 0.164. The number of ether oxygens (including phenoxy) is 1. The molecule has 18 heavy (non-hydrogen) atoms. The third-order valence-electron chi connectivity index (χ3n) is 5.20. The summed E-state index contributed by atoms with van der Waals surface area (Å²) in [6.07, 6.45) is 4.10. The van der Waals surface area contributed by atoms with Crippen molar-refractivity contribution in [2.75, 3.05) is 0 Å². The van der Waals surface area contributed by atoms with Gasteiger partial charge in [0, 0.05) is 30.3 Å². The van der Waals surface area contributed by atoms with Crippen molar-refractivity contribution in [2.24, 2.45) is 17.3 Å². The molecule has 1 aliphatic heterocycles. The number of hydrogen-bond acceptors (Lipinski definition) is 3. The Hall–Kier alpha value is -1.38. The molecule has 1 heterocycles. The van der Waals surface area contributed by atoms with Crippen LogP contribution in [-0.2, 0) is 14.3 Å². The molecule has 3 rings (SSSR count). The minimum absolute atomic E-state index is 0.0296. The standard InChI is InChI=1S/C15H18O3/c1-8-11-7-15(3)9(2)12(16)5-4-10(15)6-13(11)18-14(8)17/h4,9,11,13H,1,5-7H2,2-3H3/t9-,11+,13+,15+/m0/s1. The molecule has 1 saturated carbocycles. The lowest BCUT2D eigenvalue weighted by Crippen LogP contribution is -2.44. The Morgan fingerprint density at radius 2 is 2.17 bits per heavy atom. The van der Waals surface area contributed by atoms with Crippen molar-refractivity contribution in [3.8, 4) is 0 Å². The van der Waals surface area contributed by atoms with Gasteiger partial charge in [0.2, 0.25) is 0 Å². The second kappa shape index (κ2) is 3.56. The summed E-state index contributed by atoms with van der Waals surface area (Å²) < 4.78 is 5.37. The van der Waals surface area contributed by atoms with Crippen LogP contribution in [0.5, 0.6) is 0 Å². The van der Waals surface area contributed by atoms with Gasteiger partial charge in [0.1, 0.15) is 11.9 Å². The van der Waals surface area contributed by atoms with E-state index >= 15 is 0 Å². The second-order valence-corrected chi connectivity index (χ2v) is 6.02. The lowest BCUT2D eigenvalue weighted by atomic mass is 9.57. The van der Waals surface area contributed by atoms with Crippen molar-refractivity contribution in [2.45, 2.75) is 39.2 Å². The molecule has 0 bridgehead atoms. The normalized spacial score (nSPS) is 43.1. The van der Waals surface area contributed by atoms with E-state index in [0.29, 0.717) is 17.8 Å². The third-order valence-corrected chi connectivity index (χ3v) is 5.20. The van der Waals surface area contributed by atoms with Crippen LogP contribution in [0.3, 0.4) is 0 Å². The smallest absolute Gasteiger partial charge is 0.334 e. The number of ketones is 1. The van der Waals surface area contributed by atoms with Crippen LogP contribution in [0.4, 0.5) is 0 Å². The Bertz CT molecular complexity index is 488. The van der Waals surface area contributed by atoms with Crippen molar-refractivity contribution >= 4 is 11.8 Å². The fraction of sp³-hybridized carbons (Fsp3) is 0.600. The zero-order valence-electron chi connectivity index (χ0n) is 10.9. The molecule has 0 spiro atoms. The first-order chi connectivity index (χ1) is 8.43. The first-order valence-electron chi connectivity index (χ1n) is 6.55. The molecule has 0 radical (unpaired) electrons. The van der Waals surface area contributed by atoms with Gasteiger partial charge in [0.25, 0.3) is 0 Å². The molecular formula is C15H18O3. The van der Waals surface area contributed by atoms with Crippen LogP contribution in [0.25, 0.3) is 0 Å². The van der Waals surface area contributed by atoms with Gasteiger partial charge in [-0.05, 0) is 11.8 Å². The van der Waals surface area contributed by atoms with Crippen molar-refractivity contribution in [1.82, 2.24) is 0 Å². The number of fused-ring (bicyclic) bond motifs is 2. The molecule has 2 aliphatic carbocycles. The molecule has 0 N–H and O–H groups in total. The lowest BCUT2D eigenvalue weighted by Gasteiger charge is -2.46. The van der Waals surface area contributed by atoms with Crippen molar-refractivity contribution in [3.63, 3.8) is 0 Å². The fourth-order valence-electron chi connectivity index (χ4n) is 3.67. The van der Waals surface area contributed by atoms with Crippen molar-refractivity contribution < 1.29 is 14.3 Å². The molecule has 0 unspecified atom stereocenters.